The normalized spacial score (nSPS) is 13.3. The monoisotopic (exact) mass is 659 g/mol. The highest BCUT2D eigenvalue weighted by atomic mass is 16.3. The predicted molar refractivity (Wildman–Crippen MR) is 205 cm³/mol. The predicted octanol–water partition coefficient (Wildman–Crippen LogP) is 11.8. The third-order valence-corrected chi connectivity index (χ3v) is 9.49. The first kappa shape index (κ1) is 23.3. The molecule has 0 amide bonds. The van der Waals surface area contributed by atoms with E-state index in [9.17, 15) is 2.74 Å². The molecule has 11 aromatic rings. The summed E-state index contributed by atoms with van der Waals surface area (Å²) < 4.78 is 59.2. The Morgan fingerprint density at radius 3 is 2.02 bits per heavy atom. The van der Waals surface area contributed by atoms with E-state index >= 15 is 0 Å². The van der Waals surface area contributed by atoms with Crippen LogP contribution in [0.2, 0.25) is 0 Å². The summed E-state index contributed by atoms with van der Waals surface area (Å²) in [5.41, 5.74) is 5.95. The molecule has 0 N–H and O–H groups in total. The van der Waals surface area contributed by atoms with Crippen molar-refractivity contribution >= 4 is 65.7 Å². The van der Waals surface area contributed by atoms with Crippen LogP contribution >= 0.6 is 0 Å². The number of fused-ring (bicyclic) bond motifs is 9. The molecule has 4 aromatic heterocycles. The largest absolute Gasteiger partial charge is 0.456 e. The zero-order valence-electron chi connectivity index (χ0n) is 31.7. The second kappa shape index (κ2) is 10.7. The highest BCUT2D eigenvalue weighted by Crippen LogP contribution is 2.38. The van der Waals surface area contributed by atoms with Gasteiger partial charge >= 0.3 is 0 Å². The van der Waals surface area contributed by atoms with E-state index in [4.69, 9.17) is 27.9 Å². The molecule has 6 nitrogen and oxygen atoms in total. The lowest BCUT2D eigenvalue weighted by atomic mass is 10.1. The van der Waals surface area contributed by atoms with E-state index in [1.807, 2.05) is 120 Å². The molecular weight excluding hydrogens is 629 g/mol. The first-order valence-electron chi connectivity index (χ1n) is 19.0. The highest BCUT2D eigenvalue weighted by molar-refractivity contribution is 6.11. The molecule has 0 fully saturated rings. The quantitative estimate of drug-likeness (QED) is 0.188. The average Bonchev–Trinajstić information content (AvgIpc) is 3.90. The van der Waals surface area contributed by atoms with Crippen LogP contribution in [0.5, 0.6) is 0 Å². The van der Waals surface area contributed by atoms with Crippen molar-refractivity contribution < 1.29 is 15.7 Å². The Labute approximate surface area is 297 Å². The Bertz CT molecular complexity index is 3440. The van der Waals surface area contributed by atoms with Crippen LogP contribution < -0.4 is 0 Å². The Morgan fingerprint density at radius 1 is 0.451 bits per heavy atom. The van der Waals surface area contributed by atoms with Gasteiger partial charge in [-0.05, 0) is 54.6 Å². The summed E-state index contributed by atoms with van der Waals surface area (Å²) in [6, 6.07) is 39.3. The molecule has 0 unspecified atom stereocenters. The molecule has 238 valence electrons. The molecule has 0 spiro atoms. The molecule has 0 aliphatic rings. The van der Waals surface area contributed by atoms with Gasteiger partial charge in [0.15, 0.2) is 17.5 Å². The zero-order valence-corrected chi connectivity index (χ0v) is 26.7. The van der Waals surface area contributed by atoms with Gasteiger partial charge in [-0.1, -0.05) is 103 Å². The van der Waals surface area contributed by atoms with Gasteiger partial charge in [-0.25, -0.2) is 15.0 Å². The summed E-state index contributed by atoms with van der Waals surface area (Å²) in [5, 5.41) is 4.67. The average molecular weight is 660 g/mol. The van der Waals surface area contributed by atoms with Crippen molar-refractivity contribution in [3.8, 4) is 39.9 Å². The van der Waals surface area contributed by atoms with Crippen molar-refractivity contribution in [3.63, 3.8) is 0 Å². The number of hydrogen-bond acceptors (Lipinski definition) is 5. The zero-order chi connectivity index (χ0) is 37.8. The second-order valence-electron chi connectivity index (χ2n) is 12.4. The van der Waals surface area contributed by atoms with Crippen LogP contribution in [0.4, 0.5) is 0 Å². The first-order chi connectivity index (χ1) is 27.3. The fourth-order valence-electron chi connectivity index (χ4n) is 7.15. The topological polar surface area (TPSA) is 69.9 Å². The molecule has 6 heteroatoms. The summed E-state index contributed by atoms with van der Waals surface area (Å²) in [4.78, 5) is 15.0. The van der Waals surface area contributed by atoms with Crippen LogP contribution in [-0.2, 0) is 0 Å². The standard InChI is InChI=1S/C45H26N4O2/c1-2-11-29(12-3-1)49-37-18-7-4-13-30(37)31-23-21-27(25-38(31)49)43-46-44(28-22-24-34-32-14-5-8-19-39(32)50-41(34)26-28)48-45(47-43)36-17-10-16-35-33-15-6-9-20-40(33)51-42(35)36/h1-26H/i4D,7D,18D,21D,23D. The van der Waals surface area contributed by atoms with Crippen LogP contribution in [0.1, 0.15) is 6.85 Å². The Balaban J connectivity index is 1.22. The van der Waals surface area contributed by atoms with E-state index in [2.05, 4.69) is 0 Å². The van der Waals surface area contributed by atoms with Crippen LogP contribution in [0.15, 0.2) is 166 Å². The van der Waals surface area contributed by atoms with Gasteiger partial charge < -0.3 is 13.4 Å². The number of nitrogens with zero attached hydrogens (tertiary/aromatic N) is 4. The molecule has 0 saturated heterocycles. The number of furan rings is 2. The molecule has 0 aliphatic carbocycles. The lowest BCUT2D eigenvalue weighted by Crippen LogP contribution is -2.01. The number of para-hydroxylation sites is 5. The van der Waals surface area contributed by atoms with Crippen molar-refractivity contribution in [1.82, 2.24) is 19.5 Å². The minimum Gasteiger partial charge on any atom is -0.456 e. The van der Waals surface area contributed by atoms with E-state index in [-0.39, 0.29) is 41.6 Å². The fourth-order valence-corrected chi connectivity index (χ4v) is 7.15. The summed E-state index contributed by atoms with van der Waals surface area (Å²) >= 11 is 0. The summed E-state index contributed by atoms with van der Waals surface area (Å²) in [6.07, 6.45) is 0. The molecule has 4 heterocycles. The molecular formula is C45H26N4O2. The van der Waals surface area contributed by atoms with Crippen molar-refractivity contribution in [2.45, 2.75) is 0 Å². The van der Waals surface area contributed by atoms with Gasteiger partial charge in [0.25, 0.3) is 0 Å². The Kier molecular flexibility index (Phi) is 4.91. The van der Waals surface area contributed by atoms with Crippen molar-refractivity contribution in [3.05, 3.63) is 158 Å². The summed E-state index contributed by atoms with van der Waals surface area (Å²) in [6.45, 7) is 0. The third kappa shape index (κ3) is 4.26. The molecule has 11 rings (SSSR count). The number of hydrogen-bond donors (Lipinski definition) is 0. The highest BCUT2D eigenvalue weighted by Gasteiger charge is 2.20. The van der Waals surface area contributed by atoms with Crippen LogP contribution in [0.3, 0.4) is 0 Å². The van der Waals surface area contributed by atoms with Crippen molar-refractivity contribution in [1.29, 1.82) is 0 Å². The maximum atomic E-state index is 9.42. The van der Waals surface area contributed by atoms with Gasteiger partial charge in [0.1, 0.15) is 22.3 Å². The second-order valence-corrected chi connectivity index (χ2v) is 12.4. The van der Waals surface area contributed by atoms with E-state index in [0.29, 0.717) is 61.4 Å². The molecule has 0 bridgehead atoms. The van der Waals surface area contributed by atoms with E-state index < -0.39 is 0 Å². The first-order valence-corrected chi connectivity index (χ1v) is 16.5. The minimum atomic E-state index is -0.219. The lowest BCUT2D eigenvalue weighted by Gasteiger charge is -2.10. The lowest BCUT2D eigenvalue weighted by molar-refractivity contribution is 0.668. The molecule has 0 saturated carbocycles. The van der Waals surface area contributed by atoms with E-state index in [0.717, 1.165) is 32.7 Å². The smallest absolute Gasteiger partial charge is 0.167 e. The maximum Gasteiger partial charge on any atom is 0.167 e. The van der Waals surface area contributed by atoms with Gasteiger partial charge in [0.2, 0.25) is 0 Å². The number of rotatable bonds is 4. The van der Waals surface area contributed by atoms with Gasteiger partial charge in [0, 0.05) is 49.1 Å². The molecule has 0 aliphatic heterocycles. The summed E-state index contributed by atoms with van der Waals surface area (Å²) in [5.74, 6) is 0.822. The van der Waals surface area contributed by atoms with E-state index in [1.54, 1.807) is 6.07 Å². The van der Waals surface area contributed by atoms with E-state index in [1.165, 1.54) is 6.07 Å². The number of aromatic nitrogens is 4. The van der Waals surface area contributed by atoms with Crippen molar-refractivity contribution in [2.75, 3.05) is 0 Å². The van der Waals surface area contributed by atoms with Gasteiger partial charge in [-0.3, -0.25) is 0 Å². The summed E-state index contributed by atoms with van der Waals surface area (Å²) in [7, 11) is 0. The maximum absolute atomic E-state index is 9.42. The molecule has 51 heavy (non-hydrogen) atoms. The van der Waals surface area contributed by atoms with Crippen LogP contribution in [-0.4, -0.2) is 19.5 Å². The SMILES string of the molecule is [2H]c1cc2c3c([2H])c([2H])c(-c4nc(-c5ccc6c(c5)oc5ccccc56)nc(-c5cccc6c5oc5ccccc56)n4)cc3n(-c3ccccc3)c2c([2H])c1[2H]. The van der Waals surface area contributed by atoms with Gasteiger partial charge in [0.05, 0.1) is 23.5 Å². The van der Waals surface area contributed by atoms with Crippen molar-refractivity contribution in [2.24, 2.45) is 0 Å². The molecule has 0 atom stereocenters. The molecule has 7 aromatic carbocycles. The van der Waals surface area contributed by atoms with Gasteiger partial charge in [-0.2, -0.15) is 0 Å². The van der Waals surface area contributed by atoms with Gasteiger partial charge in [-0.15, -0.1) is 0 Å². The van der Waals surface area contributed by atoms with Crippen LogP contribution in [0, 0.1) is 0 Å². The molecule has 0 radical (unpaired) electrons. The Hall–Kier alpha value is -7.05. The number of benzene rings is 7. The minimum absolute atomic E-state index is 0.111. The Morgan fingerprint density at radius 2 is 1.16 bits per heavy atom. The van der Waals surface area contributed by atoms with Crippen LogP contribution in [0.25, 0.3) is 106 Å². The third-order valence-electron chi connectivity index (χ3n) is 9.49. The fraction of sp³-hybridized carbons (Fsp3) is 0.